The average Bonchev–Trinajstić information content (AvgIpc) is 2.55. The highest BCUT2D eigenvalue weighted by Crippen LogP contribution is 2.38. The Morgan fingerprint density at radius 1 is 1.24 bits per heavy atom. The molecule has 17 heavy (non-hydrogen) atoms. The standard InChI is InChI=1S/C10H7ClF3N3/c1-17-8(6-2-4-15-5-3-6)7(11)9(16-17)10(12,13)14/h2-5H,1H3. The van der Waals surface area contributed by atoms with Crippen molar-refractivity contribution in [1.29, 1.82) is 0 Å². The molecule has 0 aliphatic heterocycles. The summed E-state index contributed by atoms with van der Waals surface area (Å²) in [6.45, 7) is 0. The second kappa shape index (κ2) is 4.03. The van der Waals surface area contributed by atoms with E-state index in [1.54, 1.807) is 12.1 Å². The largest absolute Gasteiger partial charge is 0.436 e. The molecule has 90 valence electrons. The van der Waals surface area contributed by atoms with Gasteiger partial charge in [0.05, 0.1) is 10.7 Å². The van der Waals surface area contributed by atoms with E-state index < -0.39 is 16.9 Å². The van der Waals surface area contributed by atoms with Gasteiger partial charge < -0.3 is 0 Å². The molecule has 7 heteroatoms. The number of hydrogen-bond donors (Lipinski definition) is 0. The number of pyridine rings is 1. The highest BCUT2D eigenvalue weighted by molar-refractivity contribution is 6.33. The predicted molar refractivity (Wildman–Crippen MR) is 56.5 cm³/mol. The first kappa shape index (κ1) is 11.9. The third-order valence-electron chi connectivity index (χ3n) is 2.21. The molecule has 2 aromatic rings. The number of nitrogens with zero attached hydrogens (tertiary/aromatic N) is 3. The molecule has 2 aromatic heterocycles. The van der Waals surface area contributed by atoms with Crippen LogP contribution in [0.1, 0.15) is 5.69 Å². The van der Waals surface area contributed by atoms with E-state index in [1.807, 2.05) is 0 Å². The van der Waals surface area contributed by atoms with Crippen molar-refractivity contribution in [2.75, 3.05) is 0 Å². The fourth-order valence-corrected chi connectivity index (χ4v) is 1.88. The van der Waals surface area contributed by atoms with E-state index in [0.29, 0.717) is 5.56 Å². The molecule has 0 saturated carbocycles. The molecule has 0 aliphatic rings. The van der Waals surface area contributed by atoms with Gasteiger partial charge in [0.1, 0.15) is 0 Å². The quantitative estimate of drug-likeness (QED) is 0.789. The predicted octanol–water partition coefficient (Wildman–Crippen LogP) is 3.15. The maximum absolute atomic E-state index is 12.6. The summed E-state index contributed by atoms with van der Waals surface area (Å²) in [6, 6.07) is 3.14. The lowest BCUT2D eigenvalue weighted by atomic mass is 10.2. The summed E-state index contributed by atoms with van der Waals surface area (Å²) in [5.74, 6) is 0. The van der Waals surface area contributed by atoms with Crippen LogP contribution in [0.4, 0.5) is 13.2 Å². The minimum absolute atomic E-state index is 0.224. The van der Waals surface area contributed by atoms with E-state index in [4.69, 9.17) is 11.6 Å². The molecule has 0 fully saturated rings. The van der Waals surface area contributed by atoms with Crippen LogP contribution in [0.5, 0.6) is 0 Å². The van der Waals surface area contributed by atoms with Crippen molar-refractivity contribution in [2.24, 2.45) is 7.05 Å². The first-order chi connectivity index (χ1) is 7.91. The van der Waals surface area contributed by atoms with Gasteiger partial charge in [-0.25, -0.2) is 0 Å². The molecular weight excluding hydrogens is 255 g/mol. The maximum Gasteiger partial charge on any atom is 0.436 e. The van der Waals surface area contributed by atoms with Crippen LogP contribution in [-0.4, -0.2) is 14.8 Å². The summed E-state index contributed by atoms with van der Waals surface area (Å²) in [7, 11) is 1.41. The van der Waals surface area contributed by atoms with E-state index in [1.165, 1.54) is 19.4 Å². The van der Waals surface area contributed by atoms with Crippen LogP contribution in [0.25, 0.3) is 11.3 Å². The number of hydrogen-bond acceptors (Lipinski definition) is 2. The van der Waals surface area contributed by atoms with Crippen molar-refractivity contribution in [1.82, 2.24) is 14.8 Å². The van der Waals surface area contributed by atoms with E-state index in [-0.39, 0.29) is 5.69 Å². The number of alkyl halides is 3. The van der Waals surface area contributed by atoms with Crippen molar-refractivity contribution < 1.29 is 13.2 Å². The zero-order valence-electron chi connectivity index (χ0n) is 8.66. The third-order valence-corrected chi connectivity index (χ3v) is 2.57. The minimum Gasteiger partial charge on any atom is -0.266 e. The Bertz CT molecular complexity index is 534. The van der Waals surface area contributed by atoms with Gasteiger partial charge in [-0.15, -0.1) is 0 Å². The van der Waals surface area contributed by atoms with Gasteiger partial charge in [-0.3, -0.25) is 9.67 Å². The molecule has 0 aromatic carbocycles. The highest BCUT2D eigenvalue weighted by atomic mass is 35.5. The molecule has 3 nitrogen and oxygen atoms in total. The van der Waals surface area contributed by atoms with Crippen molar-refractivity contribution in [3.05, 3.63) is 35.2 Å². The molecule has 0 radical (unpaired) electrons. The fourth-order valence-electron chi connectivity index (χ4n) is 1.50. The van der Waals surface area contributed by atoms with Gasteiger partial charge in [-0.05, 0) is 12.1 Å². The Labute approximate surface area is 99.8 Å². The zero-order valence-corrected chi connectivity index (χ0v) is 9.42. The van der Waals surface area contributed by atoms with Gasteiger partial charge in [0.25, 0.3) is 0 Å². The number of rotatable bonds is 1. The third kappa shape index (κ3) is 2.12. The van der Waals surface area contributed by atoms with Crippen molar-refractivity contribution in [2.45, 2.75) is 6.18 Å². The summed E-state index contributed by atoms with van der Waals surface area (Å²) in [4.78, 5) is 3.79. The molecule has 2 rings (SSSR count). The Morgan fingerprint density at radius 2 is 1.82 bits per heavy atom. The molecule has 0 aliphatic carbocycles. The van der Waals surface area contributed by atoms with Gasteiger partial charge in [0.2, 0.25) is 0 Å². The normalized spacial score (nSPS) is 11.8. The van der Waals surface area contributed by atoms with Crippen LogP contribution in [0.2, 0.25) is 5.02 Å². The maximum atomic E-state index is 12.6. The second-order valence-electron chi connectivity index (χ2n) is 3.37. The topological polar surface area (TPSA) is 30.7 Å². The van der Waals surface area contributed by atoms with Crippen LogP contribution in [0, 0.1) is 0 Å². The SMILES string of the molecule is Cn1nc(C(F)(F)F)c(Cl)c1-c1ccncc1. The zero-order chi connectivity index (χ0) is 12.6. The number of aromatic nitrogens is 3. The number of aryl methyl sites for hydroxylation is 1. The summed E-state index contributed by atoms with van der Waals surface area (Å²) >= 11 is 5.73. The molecular formula is C10H7ClF3N3. The van der Waals surface area contributed by atoms with E-state index in [2.05, 4.69) is 10.1 Å². The Balaban J connectivity index is 2.61. The first-order valence-electron chi connectivity index (χ1n) is 4.61. The molecule has 0 bridgehead atoms. The Hall–Kier alpha value is -1.56. The number of halogens is 4. The molecule has 0 atom stereocenters. The van der Waals surface area contributed by atoms with E-state index >= 15 is 0 Å². The second-order valence-corrected chi connectivity index (χ2v) is 3.75. The van der Waals surface area contributed by atoms with Crippen LogP contribution in [0.3, 0.4) is 0 Å². The molecule has 0 saturated heterocycles. The van der Waals surface area contributed by atoms with Crippen molar-refractivity contribution >= 4 is 11.6 Å². The summed E-state index contributed by atoms with van der Waals surface area (Å²) in [5.41, 5.74) is -0.314. The van der Waals surface area contributed by atoms with Gasteiger partial charge in [0, 0.05) is 25.0 Å². The van der Waals surface area contributed by atoms with Gasteiger partial charge in [0.15, 0.2) is 5.69 Å². The molecule has 0 amide bonds. The van der Waals surface area contributed by atoms with Gasteiger partial charge in [-0.2, -0.15) is 18.3 Å². The summed E-state index contributed by atoms with van der Waals surface area (Å²) < 4.78 is 38.9. The molecule has 2 heterocycles. The Kier molecular flexibility index (Phi) is 2.82. The lowest BCUT2D eigenvalue weighted by Crippen LogP contribution is -2.07. The van der Waals surface area contributed by atoms with E-state index in [9.17, 15) is 13.2 Å². The van der Waals surface area contributed by atoms with E-state index in [0.717, 1.165) is 4.68 Å². The van der Waals surface area contributed by atoms with Crippen LogP contribution < -0.4 is 0 Å². The van der Waals surface area contributed by atoms with Crippen LogP contribution in [0.15, 0.2) is 24.5 Å². The summed E-state index contributed by atoms with van der Waals surface area (Å²) in [6.07, 6.45) is -1.60. The van der Waals surface area contributed by atoms with Crippen LogP contribution in [-0.2, 0) is 13.2 Å². The fraction of sp³-hybridized carbons (Fsp3) is 0.200. The van der Waals surface area contributed by atoms with Crippen molar-refractivity contribution in [3.8, 4) is 11.3 Å². The van der Waals surface area contributed by atoms with Crippen molar-refractivity contribution in [3.63, 3.8) is 0 Å². The first-order valence-corrected chi connectivity index (χ1v) is 4.99. The van der Waals surface area contributed by atoms with Crippen LogP contribution >= 0.6 is 11.6 Å². The molecule has 0 N–H and O–H groups in total. The monoisotopic (exact) mass is 261 g/mol. The molecule has 0 spiro atoms. The lowest BCUT2D eigenvalue weighted by molar-refractivity contribution is -0.141. The smallest absolute Gasteiger partial charge is 0.266 e. The Morgan fingerprint density at radius 3 is 2.29 bits per heavy atom. The highest BCUT2D eigenvalue weighted by Gasteiger charge is 2.38. The minimum atomic E-state index is -4.56. The summed E-state index contributed by atoms with van der Waals surface area (Å²) in [5, 5.41) is 3.00. The van der Waals surface area contributed by atoms with Gasteiger partial charge >= 0.3 is 6.18 Å². The lowest BCUT2D eigenvalue weighted by Gasteiger charge is -2.02. The molecule has 0 unspecified atom stereocenters. The van der Waals surface area contributed by atoms with Gasteiger partial charge in [-0.1, -0.05) is 11.6 Å². The average molecular weight is 262 g/mol.